The van der Waals surface area contributed by atoms with Crippen molar-refractivity contribution in [3.05, 3.63) is 36.7 Å². The summed E-state index contributed by atoms with van der Waals surface area (Å²) in [5.74, 6) is 0. The van der Waals surface area contributed by atoms with E-state index in [9.17, 15) is 0 Å². The first kappa shape index (κ1) is 10.9. The number of nitrogens with two attached hydrogens (primary N) is 1. The summed E-state index contributed by atoms with van der Waals surface area (Å²) in [6, 6.07) is 1.97. The van der Waals surface area contributed by atoms with Gasteiger partial charge in [-0.15, -0.1) is 0 Å². The fourth-order valence-corrected chi connectivity index (χ4v) is 1.73. The van der Waals surface area contributed by atoms with Gasteiger partial charge in [-0.05, 0) is 19.4 Å². The van der Waals surface area contributed by atoms with E-state index in [-0.39, 0.29) is 6.04 Å². The van der Waals surface area contributed by atoms with Crippen molar-refractivity contribution in [3.63, 3.8) is 0 Å². The Balaban J connectivity index is 1.87. The lowest BCUT2D eigenvalue weighted by molar-refractivity contribution is 0.512. The van der Waals surface area contributed by atoms with Crippen LogP contribution in [0.5, 0.6) is 0 Å². The van der Waals surface area contributed by atoms with E-state index in [1.165, 1.54) is 0 Å². The molecule has 2 N–H and O–H groups in total. The minimum Gasteiger partial charge on any atom is -0.333 e. The summed E-state index contributed by atoms with van der Waals surface area (Å²) in [7, 11) is 0. The van der Waals surface area contributed by atoms with E-state index in [1.807, 2.05) is 36.4 Å². The van der Waals surface area contributed by atoms with Crippen molar-refractivity contribution in [3.8, 4) is 0 Å². The van der Waals surface area contributed by atoms with Crippen molar-refractivity contribution >= 4 is 0 Å². The fraction of sp³-hybridized carbons (Fsp3) is 0.455. The number of imidazole rings is 1. The summed E-state index contributed by atoms with van der Waals surface area (Å²) in [6.45, 7) is 3.82. The van der Waals surface area contributed by atoms with Gasteiger partial charge in [0.05, 0.1) is 12.0 Å². The first-order valence-electron chi connectivity index (χ1n) is 5.50. The Kier molecular flexibility index (Phi) is 3.36. The molecule has 16 heavy (non-hydrogen) atoms. The van der Waals surface area contributed by atoms with E-state index in [1.54, 1.807) is 6.20 Å². The number of hydrogen-bond donors (Lipinski definition) is 1. The van der Waals surface area contributed by atoms with Crippen molar-refractivity contribution in [1.82, 2.24) is 19.3 Å². The highest BCUT2D eigenvalue weighted by Gasteiger charge is 2.05. The smallest absolute Gasteiger partial charge is 0.0948 e. The molecule has 0 aliphatic carbocycles. The molecule has 5 nitrogen and oxygen atoms in total. The maximum atomic E-state index is 5.85. The van der Waals surface area contributed by atoms with Crippen LogP contribution >= 0.6 is 0 Å². The molecule has 0 aliphatic heterocycles. The molecule has 0 radical (unpaired) electrons. The predicted molar refractivity (Wildman–Crippen MR) is 61.7 cm³/mol. The van der Waals surface area contributed by atoms with Crippen molar-refractivity contribution < 1.29 is 0 Å². The number of nitrogens with zero attached hydrogens (tertiary/aromatic N) is 4. The van der Waals surface area contributed by atoms with E-state index in [4.69, 9.17) is 5.73 Å². The average molecular weight is 219 g/mol. The lowest BCUT2D eigenvalue weighted by Gasteiger charge is -2.10. The van der Waals surface area contributed by atoms with E-state index in [0.717, 1.165) is 25.2 Å². The highest BCUT2D eigenvalue weighted by molar-refractivity contribution is 5.02. The molecule has 86 valence electrons. The Morgan fingerprint density at radius 3 is 3.00 bits per heavy atom. The van der Waals surface area contributed by atoms with Crippen LogP contribution in [0.1, 0.15) is 25.1 Å². The van der Waals surface area contributed by atoms with Crippen LogP contribution in [0.4, 0.5) is 0 Å². The van der Waals surface area contributed by atoms with Gasteiger partial charge in [0.15, 0.2) is 0 Å². The van der Waals surface area contributed by atoms with Crippen LogP contribution in [-0.4, -0.2) is 19.3 Å². The van der Waals surface area contributed by atoms with Crippen molar-refractivity contribution in [1.29, 1.82) is 0 Å². The summed E-state index contributed by atoms with van der Waals surface area (Å²) < 4.78 is 4.04. The molecule has 5 heteroatoms. The quantitative estimate of drug-likeness (QED) is 0.821. The standard InChI is InChI=1S/C11H17N5/c1-10(12)11-8-13-9-15(11)5-3-7-16-6-2-4-14-16/h2,4,6,8-10H,3,5,7,12H2,1H3/t10-/m1/s1. The van der Waals surface area contributed by atoms with E-state index >= 15 is 0 Å². The Morgan fingerprint density at radius 2 is 2.31 bits per heavy atom. The Morgan fingerprint density at radius 1 is 1.44 bits per heavy atom. The van der Waals surface area contributed by atoms with Gasteiger partial charge in [-0.3, -0.25) is 4.68 Å². The number of aromatic nitrogens is 4. The van der Waals surface area contributed by atoms with Crippen LogP contribution in [0, 0.1) is 0 Å². The molecule has 2 rings (SSSR count). The SMILES string of the molecule is C[C@@H](N)c1cncn1CCCn1cccn1. The first-order valence-corrected chi connectivity index (χ1v) is 5.50. The third-order valence-corrected chi connectivity index (χ3v) is 2.56. The second kappa shape index (κ2) is 4.94. The third-order valence-electron chi connectivity index (χ3n) is 2.56. The predicted octanol–water partition coefficient (Wildman–Crippen LogP) is 1.19. The number of rotatable bonds is 5. The first-order chi connectivity index (χ1) is 7.77. The van der Waals surface area contributed by atoms with Gasteiger partial charge in [0.25, 0.3) is 0 Å². The molecule has 0 unspecified atom stereocenters. The van der Waals surface area contributed by atoms with Gasteiger partial charge in [-0.25, -0.2) is 4.98 Å². The minimum atomic E-state index is 0.0344. The summed E-state index contributed by atoms with van der Waals surface area (Å²) in [5.41, 5.74) is 6.93. The van der Waals surface area contributed by atoms with Gasteiger partial charge in [-0.1, -0.05) is 0 Å². The molecule has 0 bridgehead atoms. The highest BCUT2D eigenvalue weighted by atomic mass is 15.3. The zero-order valence-electron chi connectivity index (χ0n) is 9.45. The third kappa shape index (κ3) is 2.49. The van der Waals surface area contributed by atoms with Crippen LogP contribution in [0.15, 0.2) is 31.0 Å². The highest BCUT2D eigenvalue weighted by Crippen LogP contribution is 2.09. The van der Waals surface area contributed by atoms with Crippen molar-refractivity contribution in [2.45, 2.75) is 32.5 Å². The van der Waals surface area contributed by atoms with Crippen molar-refractivity contribution in [2.24, 2.45) is 5.73 Å². The second-order valence-electron chi connectivity index (χ2n) is 3.92. The molecular formula is C11H17N5. The Hall–Kier alpha value is -1.62. The maximum Gasteiger partial charge on any atom is 0.0948 e. The molecule has 0 spiro atoms. The zero-order chi connectivity index (χ0) is 11.4. The molecule has 0 saturated heterocycles. The van der Waals surface area contributed by atoms with Crippen LogP contribution < -0.4 is 5.73 Å². The molecule has 0 aliphatic rings. The van der Waals surface area contributed by atoms with E-state index in [0.29, 0.717) is 0 Å². The van der Waals surface area contributed by atoms with Gasteiger partial charge < -0.3 is 10.3 Å². The Bertz CT molecular complexity index is 415. The van der Waals surface area contributed by atoms with Crippen LogP contribution in [-0.2, 0) is 13.1 Å². The normalized spacial score (nSPS) is 12.9. The Labute approximate surface area is 94.9 Å². The second-order valence-corrected chi connectivity index (χ2v) is 3.92. The molecule has 0 fully saturated rings. The topological polar surface area (TPSA) is 61.7 Å². The molecule has 0 aromatic carbocycles. The van der Waals surface area contributed by atoms with Crippen molar-refractivity contribution in [2.75, 3.05) is 0 Å². The monoisotopic (exact) mass is 219 g/mol. The number of aryl methyl sites for hydroxylation is 2. The van der Waals surface area contributed by atoms with E-state index in [2.05, 4.69) is 14.6 Å². The van der Waals surface area contributed by atoms with Gasteiger partial charge in [0.2, 0.25) is 0 Å². The van der Waals surface area contributed by atoms with E-state index < -0.39 is 0 Å². The van der Waals surface area contributed by atoms with Crippen LogP contribution in [0.2, 0.25) is 0 Å². The summed E-state index contributed by atoms with van der Waals surface area (Å²) >= 11 is 0. The van der Waals surface area contributed by atoms with Gasteiger partial charge in [0.1, 0.15) is 0 Å². The molecule has 0 amide bonds. The summed E-state index contributed by atoms with van der Waals surface area (Å²) in [5, 5.41) is 4.16. The lowest BCUT2D eigenvalue weighted by Crippen LogP contribution is -2.13. The van der Waals surface area contributed by atoms with Crippen LogP contribution in [0.3, 0.4) is 0 Å². The molecule has 2 heterocycles. The average Bonchev–Trinajstić information content (AvgIpc) is 2.87. The van der Waals surface area contributed by atoms with Gasteiger partial charge in [0, 0.05) is 37.7 Å². The summed E-state index contributed by atoms with van der Waals surface area (Å²) in [6.07, 6.45) is 8.46. The largest absolute Gasteiger partial charge is 0.333 e. The van der Waals surface area contributed by atoms with Gasteiger partial charge >= 0.3 is 0 Å². The minimum absolute atomic E-state index is 0.0344. The van der Waals surface area contributed by atoms with Gasteiger partial charge in [-0.2, -0.15) is 5.10 Å². The molecule has 1 atom stereocenters. The molecular weight excluding hydrogens is 202 g/mol. The molecule has 2 aromatic heterocycles. The molecule has 0 saturated carbocycles. The van der Waals surface area contributed by atoms with Crippen LogP contribution in [0.25, 0.3) is 0 Å². The number of hydrogen-bond acceptors (Lipinski definition) is 3. The summed E-state index contributed by atoms with van der Waals surface area (Å²) in [4.78, 5) is 4.12. The molecule has 2 aromatic rings. The maximum absolute atomic E-state index is 5.85. The zero-order valence-corrected chi connectivity index (χ0v) is 9.45. The fourth-order valence-electron chi connectivity index (χ4n) is 1.73. The lowest BCUT2D eigenvalue weighted by atomic mass is 10.2.